The normalized spacial score (nSPS) is 27.7. The van der Waals surface area contributed by atoms with Gasteiger partial charge in [-0.05, 0) is 54.9 Å². The Bertz CT molecular complexity index is 911. The van der Waals surface area contributed by atoms with Crippen molar-refractivity contribution in [1.82, 2.24) is 0 Å². The number of fused-ring (bicyclic) bond motifs is 1. The smallest absolute Gasteiger partial charge is 0.130 e. The summed E-state index contributed by atoms with van der Waals surface area (Å²) in [6.07, 6.45) is 3.00. The zero-order valence-corrected chi connectivity index (χ0v) is 19.4. The van der Waals surface area contributed by atoms with Crippen LogP contribution in [0.2, 0.25) is 5.02 Å². The lowest BCUT2D eigenvalue weighted by molar-refractivity contribution is -0.157. The third-order valence-corrected chi connectivity index (χ3v) is 7.07. The molecule has 2 aromatic carbocycles. The zero-order chi connectivity index (χ0) is 22.1. The SMILES string of the molecule is CCCc1ccc(Cc2cc(C3CC(C)[C@H](O)C(CO)O3)c3c(c2Cl)CC(C)O3)cc1. The van der Waals surface area contributed by atoms with Gasteiger partial charge in [-0.3, -0.25) is 0 Å². The number of halogens is 1. The van der Waals surface area contributed by atoms with Crippen LogP contribution in [0, 0.1) is 5.92 Å². The molecule has 2 aliphatic heterocycles. The Morgan fingerprint density at radius 3 is 2.52 bits per heavy atom. The predicted molar refractivity (Wildman–Crippen MR) is 123 cm³/mol. The number of aryl methyl sites for hydroxylation is 1. The Labute approximate surface area is 190 Å². The van der Waals surface area contributed by atoms with Gasteiger partial charge in [0.2, 0.25) is 0 Å². The van der Waals surface area contributed by atoms with E-state index >= 15 is 0 Å². The van der Waals surface area contributed by atoms with Crippen molar-refractivity contribution in [2.45, 2.75) is 77.3 Å². The molecule has 5 atom stereocenters. The third kappa shape index (κ3) is 4.63. The Morgan fingerprint density at radius 2 is 1.84 bits per heavy atom. The second kappa shape index (κ2) is 9.50. The van der Waals surface area contributed by atoms with Crippen LogP contribution in [-0.4, -0.2) is 35.1 Å². The largest absolute Gasteiger partial charge is 0.490 e. The van der Waals surface area contributed by atoms with Crippen molar-refractivity contribution in [3.63, 3.8) is 0 Å². The van der Waals surface area contributed by atoms with Gasteiger partial charge in [0.05, 0.1) is 23.8 Å². The van der Waals surface area contributed by atoms with Crippen molar-refractivity contribution in [1.29, 1.82) is 0 Å². The Hall–Kier alpha value is -1.59. The van der Waals surface area contributed by atoms with E-state index in [1.165, 1.54) is 11.1 Å². The molecule has 168 valence electrons. The van der Waals surface area contributed by atoms with Crippen molar-refractivity contribution in [3.8, 4) is 5.75 Å². The molecule has 4 rings (SSSR count). The maximum Gasteiger partial charge on any atom is 0.130 e. The van der Waals surface area contributed by atoms with E-state index in [-0.39, 0.29) is 24.7 Å². The number of hydrogen-bond donors (Lipinski definition) is 2. The first-order valence-electron chi connectivity index (χ1n) is 11.4. The lowest BCUT2D eigenvalue weighted by Crippen LogP contribution is -2.43. The van der Waals surface area contributed by atoms with Gasteiger partial charge in [0.15, 0.2) is 0 Å². The van der Waals surface area contributed by atoms with Crippen LogP contribution in [0.25, 0.3) is 0 Å². The summed E-state index contributed by atoms with van der Waals surface area (Å²) in [7, 11) is 0. The highest BCUT2D eigenvalue weighted by Gasteiger charge is 2.38. The molecular weight excluding hydrogens is 412 g/mol. The van der Waals surface area contributed by atoms with Crippen molar-refractivity contribution in [3.05, 3.63) is 63.2 Å². The summed E-state index contributed by atoms with van der Waals surface area (Å²) in [6.45, 7) is 6.04. The maximum absolute atomic E-state index is 10.4. The molecule has 2 N–H and O–H groups in total. The van der Waals surface area contributed by atoms with E-state index in [1.807, 2.05) is 6.92 Å². The van der Waals surface area contributed by atoms with E-state index in [2.05, 4.69) is 44.2 Å². The van der Waals surface area contributed by atoms with E-state index in [1.54, 1.807) is 0 Å². The van der Waals surface area contributed by atoms with Gasteiger partial charge >= 0.3 is 0 Å². The van der Waals surface area contributed by atoms with Crippen molar-refractivity contribution >= 4 is 11.6 Å². The fourth-order valence-corrected chi connectivity index (χ4v) is 5.16. The van der Waals surface area contributed by atoms with Crippen LogP contribution in [0.3, 0.4) is 0 Å². The van der Waals surface area contributed by atoms with Gasteiger partial charge in [-0.2, -0.15) is 0 Å². The second-order valence-electron chi connectivity index (χ2n) is 9.17. The van der Waals surface area contributed by atoms with E-state index in [4.69, 9.17) is 21.1 Å². The molecule has 4 unspecified atom stereocenters. The summed E-state index contributed by atoms with van der Waals surface area (Å²) in [5, 5.41) is 20.8. The molecule has 4 nitrogen and oxygen atoms in total. The molecule has 2 aromatic rings. The highest BCUT2D eigenvalue weighted by atomic mass is 35.5. The van der Waals surface area contributed by atoms with E-state index in [0.717, 1.165) is 53.1 Å². The lowest BCUT2D eigenvalue weighted by Gasteiger charge is -2.38. The summed E-state index contributed by atoms with van der Waals surface area (Å²) in [5.41, 5.74) is 5.68. The summed E-state index contributed by atoms with van der Waals surface area (Å²) in [4.78, 5) is 0. The molecule has 0 bridgehead atoms. The van der Waals surface area contributed by atoms with E-state index < -0.39 is 12.2 Å². The molecule has 0 spiro atoms. The zero-order valence-electron chi connectivity index (χ0n) is 18.6. The minimum Gasteiger partial charge on any atom is -0.490 e. The summed E-state index contributed by atoms with van der Waals surface area (Å²) < 4.78 is 12.3. The standard InChI is InChI=1S/C26H33ClO4/c1-4-5-17-6-8-18(9-7-17)12-19-13-20(26-21(24(19)27)11-16(3)30-26)22-10-15(2)25(29)23(14-28)31-22/h6-9,13,15-16,22-23,25,28-29H,4-5,10-12,14H2,1-3H3/t15?,16?,22?,23?,25-/m0/s1. The molecule has 2 aliphatic rings. The summed E-state index contributed by atoms with van der Waals surface area (Å²) in [5.74, 6) is 0.848. The van der Waals surface area contributed by atoms with Crippen molar-refractivity contribution in [2.75, 3.05) is 6.61 Å². The average molecular weight is 445 g/mol. The van der Waals surface area contributed by atoms with Crippen LogP contribution in [-0.2, 0) is 24.0 Å². The number of aliphatic hydroxyl groups is 2. The van der Waals surface area contributed by atoms with Gasteiger partial charge in [-0.15, -0.1) is 0 Å². The molecule has 1 fully saturated rings. The molecule has 2 heterocycles. The highest BCUT2D eigenvalue weighted by Crippen LogP contribution is 2.46. The first-order chi connectivity index (χ1) is 14.9. The maximum atomic E-state index is 10.4. The molecule has 0 saturated carbocycles. The summed E-state index contributed by atoms with van der Waals surface area (Å²) in [6, 6.07) is 10.9. The van der Waals surface area contributed by atoms with Gasteiger partial charge in [-0.1, -0.05) is 56.1 Å². The van der Waals surface area contributed by atoms with Gasteiger partial charge in [0.25, 0.3) is 0 Å². The molecule has 0 radical (unpaired) electrons. The fraction of sp³-hybridized carbons (Fsp3) is 0.538. The fourth-order valence-electron chi connectivity index (χ4n) is 4.88. The van der Waals surface area contributed by atoms with Gasteiger partial charge in [-0.25, -0.2) is 0 Å². The third-order valence-electron chi connectivity index (χ3n) is 6.60. The quantitative estimate of drug-likeness (QED) is 0.656. The minimum absolute atomic E-state index is 0.0237. The number of benzene rings is 2. The highest BCUT2D eigenvalue weighted by molar-refractivity contribution is 6.32. The van der Waals surface area contributed by atoms with Crippen LogP contribution >= 0.6 is 11.6 Å². The molecule has 0 aromatic heterocycles. The van der Waals surface area contributed by atoms with Gasteiger partial charge < -0.3 is 19.7 Å². The monoisotopic (exact) mass is 444 g/mol. The second-order valence-corrected chi connectivity index (χ2v) is 9.55. The van der Waals surface area contributed by atoms with Crippen LogP contribution in [0.15, 0.2) is 30.3 Å². The first kappa shape index (κ1) is 22.6. The average Bonchev–Trinajstić information content (AvgIpc) is 3.15. The molecule has 0 aliphatic carbocycles. The number of hydrogen-bond acceptors (Lipinski definition) is 4. The van der Waals surface area contributed by atoms with E-state index in [0.29, 0.717) is 6.42 Å². The number of aliphatic hydroxyl groups excluding tert-OH is 2. The Kier molecular flexibility index (Phi) is 6.92. The summed E-state index contributed by atoms with van der Waals surface area (Å²) >= 11 is 6.87. The molecule has 31 heavy (non-hydrogen) atoms. The molecular formula is C26H33ClO4. The number of ether oxygens (including phenoxy) is 2. The Morgan fingerprint density at radius 1 is 1.13 bits per heavy atom. The Balaban J connectivity index is 1.68. The van der Waals surface area contributed by atoms with Crippen LogP contribution < -0.4 is 4.74 Å². The van der Waals surface area contributed by atoms with Gasteiger partial charge in [0, 0.05) is 17.5 Å². The number of rotatable bonds is 6. The van der Waals surface area contributed by atoms with Crippen LogP contribution in [0.5, 0.6) is 5.75 Å². The molecule has 1 saturated heterocycles. The van der Waals surface area contributed by atoms with Crippen LogP contribution in [0.1, 0.15) is 67.5 Å². The molecule has 5 heteroatoms. The van der Waals surface area contributed by atoms with Gasteiger partial charge in [0.1, 0.15) is 18.0 Å². The van der Waals surface area contributed by atoms with E-state index in [9.17, 15) is 10.2 Å². The van der Waals surface area contributed by atoms with Crippen molar-refractivity contribution < 1.29 is 19.7 Å². The topological polar surface area (TPSA) is 58.9 Å². The molecule has 0 amide bonds. The first-order valence-corrected chi connectivity index (χ1v) is 11.8. The predicted octanol–water partition coefficient (Wildman–Crippen LogP) is 5.03. The van der Waals surface area contributed by atoms with Crippen LogP contribution in [0.4, 0.5) is 0 Å². The van der Waals surface area contributed by atoms with Crippen molar-refractivity contribution in [2.24, 2.45) is 5.92 Å². The minimum atomic E-state index is -0.664. The lowest BCUT2D eigenvalue weighted by atomic mass is 9.86.